The van der Waals surface area contributed by atoms with Gasteiger partial charge in [0.15, 0.2) is 5.75 Å². The van der Waals surface area contributed by atoms with Crippen LogP contribution in [0.4, 0.5) is 5.95 Å². The minimum atomic E-state index is 0.0767. The van der Waals surface area contributed by atoms with E-state index in [1.165, 1.54) is 36.0 Å². The van der Waals surface area contributed by atoms with Crippen molar-refractivity contribution in [2.45, 2.75) is 96.5 Å². The molecule has 2 aromatic heterocycles. The van der Waals surface area contributed by atoms with Crippen LogP contribution in [0.25, 0.3) is 11.3 Å². The van der Waals surface area contributed by atoms with Gasteiger partial charge in [0.1, 0.15) is 5.82 Å². The monoisotopic (exact) mass is 637 g/mol. The highest BCUT2D eigenvalue weighted by Crippen LogP contribution is 2.50. The summed E-state index contributed by atoms with van der Waals surface area (Å²) in [7, 11) is 0. The second-order valence-corrected chi connectivity index (χ2v) is 14.3. The van der Waals surface area contributed by atoms with Gasteiger partial charge in [-0.05, 0) is 93.1 Å². The Morgan fingerprint density at radius 1 is 0.978 bits per heavy atom. The molecule has 0 radical (unpaired) electrons. The molecule has 46 heavy (non-hydrogen) atoms. The highest BCUT2D eigenvalue weighted by molar-refractivity contribution is 8.00. The summed E-state index contributed by atoms with van der Waals surface area (Å²) in [4.78, 5) is 20.8. The molecular formula is C38H47N5O2S. The molecule has 7 nitrogen and oxygen atoms in total. The smallest absolute Gasteiger partial charge is 0.237 e. The number of benzene rings is 2. The lowest BCUT2D eigenvalue weighted by molar-refractivity contribution is 0.139. The molecule has 5 atom stereocenters. The van der Waals surface area contributed by atoms with E-state index in [2.05, 4.69) is 74.9 Å². The van der Waals surface area contributed by atoms with Gasteiger partial charge in [0, 0.05) is 34.3 Å². The summed E-state index contributed by atoms with van der Waals surface area (Å²) in [6.07, 6.45) is 9.45. The maximum Gasteiger partial charge on any atom is 0.237 e. The molecule has 2 aromatic carbocycles. The number of nitrogens with zero attached hydrogens (tertiary/aromatic N) is 4. The third-order valence-corrected chi connectivity index (χ3v) is 10.5. The van der Waals surface area contributed by atoms with E-state index in [0.29, 0.717) is 36.0 Å². The predicted octanol–water partition coefficient (Wildman–Crippen LogP) is 9.57. The highest BCUT2D eigenvalue weighted by Gasteiger charge is 2.41. The van der Waals surface area contributed by atoms with E-state index in [1.807, 2.05) is 32.3 Å². The van der Waals surface area contributed by atoms with Crippen LogP contribution in [-0.4, -0.2) is 32.6 Å². The second-order valence-electron chi connectivity index (χ2n) is 13.4. The molecule has 6 rings (SSSR count). The van der Waals surface area contributed by atoms with Gasteiger partial charge in [-0.15, -0.1) is 0 Å². The van der Waals surface area contributed by atoms with Crippen molar-refractivity contribution in [3.05, 3.63) is 83.4 Å². The predicted molar refractivity (Wildman–Crippen MR) is 187 cm³/mol. The van der Waals surface area contributed by atoms with Crippen molar-refractivity contribution in [3.8, 4) is 22.9 Å². The lowest BCUT2D eigenvalue weighted by Gasteiger charge is -2.36. The van der Waals surface area contributed by atoms with Crippen molar-refractivity contribution in [3.63, 3.8) is 0 Å². The number of aromatic nitrogens is 4. The maximum absolute atomic E-state index is 6.79. The third-order valence-electron chi connectivity index (χ3n) is 9.71. The van der Waals surface area contributed by atoms with E-state index < -0.39 is 0 Å². The van der Waals surface area contributed by atoms with Gasteiger partial charge >= 0.3 is 0 Å². The first-order valence-corrected chi connectivity index (χ1v) is 17.7. The number of ether oxygens (including phenoxy) is 2. The van der Waals surface area contributed by atoms with Gasteiger partial charge in [-0.2, -0.15) is 4.98 Å². The Kier molecular flexibility index (Phi) is 10.1. The van der Waals surface area contributed by atoms with Gasteiger partial charge in [-0.25, -0.2) is 15.0 Å². The summed E-state index contributed by atoms with van der Waals surface area (Å²) in [5.74, 6) is 4.50. The third kappa shape index (κ3) is 7.33. The molecule has 1 aliphatic heterocycles. The van der Waals surface area contributed by atoms with Crippen molar-refractivity contribution in [1.82, 2.24) is 19.9 Å². The SMILES string of the molecule is CCC(C)CC1CCCC(c2ncc(OC(C)C)cn2)C2c3cccc(c3)SNc3nc(cc(-c4c(C)cccc4C)n3)OCC12. The summed E-state index contributed by atoms with van der Waals surface area (Å²) >= 11 is 1.54. The van der Waals surface area contributed by atoms with Gasteiger partial charge in [0.25, 0.3) is 0 Å². The second kappa shape index (κ2) is 14.4. The van der Waals surface area contributed by atoms with Crippen LogP contribution in [0.1, 0.15) is 94.1 Å². The van der Waals surface area contributed by atoms with Gasteiger partial charge in [0.2, 0.25) is 11.8 Å². The normalized spacial score (nSPS) is 21.9. The number of anilines is 1. The molecule has 4 aromatic rings. The minimum Gasteiger partial charge on any atom is -0.488 e. The molecule has 1 aliphatic carbocycles. The molecule has 242 valence electrons. The van der Waals surface area contributed by atoms with Gasteiger partial charge in [0.05, 0.1) is 30.8 Å². The van der Waals surface area contributed by atoms with Crippen molar-refractivity contribution in [2.24, 2.45) is 17.8 Å². The molecule has 8 heteroatoms. The van der Waals surface area contributed by atoms with E-state index in [4.69, 9.17) is 29.4 Å². The fraction of sp³-hybridized carbons (Fsp3) is 0.474. The van der Waals surface area contributed by atoms with Gasteiger partial charge in [-0.3, -0.25) is 4.72 Å². The van der Waals surface area contributed by atoms with Crippen molar-refractivity contribution < 1.29 is 9.47 Å². The highest BCUT2D eigenvalue weighted by atomic mass is 32.2. The number of aryl methyl sites for hydroxylation is 2. The fourth-order valence-corrected chi connectivity index (χ4v) is 8.03. The first kappa shape index (κ1) is 32.3. The van der Waals surface area contributed by atoms with E-state index in [1.54, 1.807) is 11.9 Å². The van der Waals surface area contributed by atoms with Gasteiger partial charge < -0.3 is 9.47 Å². The largest absolute Gasteiger partial charge is 0.488 e. The van der Waals surface area contributed by atoms with Crippen LogP contribution in [0.2, 0.25) is 0 Å². The number of hydrogen-bond acceptors (Lipinski definition) is 8. The molecule has 3 heterocycles. The average Bonchev–Trinajstić information content (AvgIpc) is 3.21. The number of hydrogen-bond donors (Lipinski definition) is 1. The van der Waals surface area contributed by atoms with Crippen molar-refractivity contribution >= 4 is 17.9 Å². The zero-order valence-corrected chi connectivity index (χ0v) is 28.8. The summed E-state index contributed by atoms with van der Waals surface area (Å²) in [5, 5.41) is 0. The Labute approximate surface area is 278 Å². The first-order chi connectivity index (χ1) is 22.3. The molecule has 1 N–H and O–H groups in total. The Morgan fingerprint density at radius 3 is 2.48 bits per heavy atom. The zero-order valence-electron chi connectivity index (χ0n) is 28.0. The summed E-state index contributed by atoms with van der Waals surface area (Å²) in [6, 6.07) is 17.3. The molecule has 5 unspecified atom stereocenters. The standard InChI is InChI=1S/C38H47N5O2S/c1-7-24(4)17-27-13-10-16-31(37-39-20-29(21-40-37)45-23(2)3)36-28-14-9-15-30(18-28)46-43-38-41-33(19-34(42-38)44-22-32(27)36)35-25(5)11-8-12-26(35)6/h8-9,11-12,14-15,18-21,23-24,27,31-32,36H,7,10,13,16-17,22H2,1-6H3,(H,41,42,43). The Morgan fingerprint density at radius 2 is 1.74 bits per heavy atom. The molecular weight excluding hydrogens is 591 g/mol. The fourth-order valence-electron chi connectivity index (χ4n) is 7.38. The van der Waals surface area contributed by atoms with Crippen LogP contribution < -0.4 is 14.2 Å². The summed E-state index contributed by atoms with van der Waals surface area (Å²) in [6.45, 7) is 13.6. The minimum absolute atomic E-state index is 0.0767. The molecule has 0 amide bonds. The molecule has 1 fully saturated rings. The Balaban J connectivity index is 1.45. The average molecular weight is 638 g/mol. The lowest BCUT2D eigenvalue weighted by atomic mass is 9.70. The van der Waals surface area contributed by atoms with Crippen LogP contribution in [0, 0.1) is 31.6 Å². The first-order valence-electron chi connectivity index (χ1n) is 16.9. The molecule has 1 saturated carbocycles. The van der Waals surface area contributed by atoms with Crippen LogP contribution >= 0.6 is 11.9 Å². The van der Waals surface area contributed by atoms with E-state index in [9.17, 15) is 0 Å². The number of nitrogens with one attached hydrogen (secondary N) is 1. The zero-order chi connectivity index (χ0) is 32.2. The topological polar surface area (TPSA) is 82.1 Å². The summed E-state index contributed by atoms with van der Waals surface area (Å²) < 4.78 is 16.1. The van der Waals surface area contributed by atoms with Crippen LogP contribution in [-0.2, 0) is 0 Å². The number of rotatable bonds is 7. The quantitative estimate of drug-likeness (QED) is 0.201. The Bertz CT molecular complexity index is 1610. The van der Waals surface area contributed by atoms with Crippen LogP contribution in [0.3, 0.4) is 0 Å². The van der Waals surface area contributed by atoms with Crippen LogP contribution in [0.5, 0.6) is 11.6 Å². The van der Waals surface area contributed by atoms with Crippen molar-refractivity contribution in [1.29, 1.82) is 0 Å². The molecule has 0 saturated heterocycles. The molecule has 0 spiro atoms. The lowest BCUT2D eigenvalue weighted by Crippen LogP contribution is -2.31. The van der Waals surface area contributed by atoms with Crippen molar-refractivity contribution in [2.75, 3.05) is 11.3 Å². The Hall–Kier alpha value is -3.65. The van der Waals surface area contributed by atoms with E-state index in [0.717, 1.165) is 34.8 Å². The van der Waals surface area contributed by atoms with E-state index in [-0.39, 0.29) is 23.9 Å². The van der Waals surface area contributed by atoms with E-state index >= 15 is 0 Å². The molecule has 2 aliphatic rings. The van der Waals surface area contributed by atoms with Crippen LogP contribution in [0.15, 0.2) is 65.8 Å². The molecule has 4 bridgehead atoms. The van der Waals surface area contributed by atoms with Gasteiger partial charge in [-0.1, -0.05) is 63.4 Å². The maximum atomic E-state index is 6.79. The number of fused-ring (bicyclic) bond motifs is 6. The summed E-state index contributed by atoms with van der Waals surface area (Å²) in [5.41, 5.74) is 5.68.